The fourth-order valence-electron chi connectivity index (χ4n) is 1.20. The van der Waals surface area contributed by atoms with Crippen LogP contribution in [0.5, 0.6) is 5.75 Å². The Labute approximate surface area is 125 Å². The molecular formula is C11H8KNO. The van der Waals surface area contributed by atoms with E-state index in [1.165, 1.54) is 0 Å². The van der Waals surface area contributed by atoms with Crippen LogP contribution in [0.25, 0.3) is 11.3 Å². The van der Waals surface area contributed by atoms with Crippen LogP contribution in [0.1, 0.15) is 0 Å². The summed E-state index contributed by atoms with van der Waals surface area (Å²) in [6.45, 7) is 0. The van der Waals surface area contributed by atoms with Crippen LogP contribution in [0.15, 0.2) is 48.7 Å². The topological polar surface area (TPSA) is 36.0 Å². The molecule has 64 valence electrons. The van der Waals surface area contributed by atoms with Crippen LogP contribution in [-0.2, 0) is 0 Å². The third kappa shape index (κ3) is 2.65. The molecule has 1 aromatic heterocycles. The van der Waals surface area contributed by atoms with Crippen molar-refractivity contribution in [1.82, 2.24) is 4.98 Å². The van der Waals surface area contributed by atoms with Crippen molar-refractivity contribution in [3.8, 4) is 17.0 Å². The van der Waals surface area contributed by atoms with Gasteiger partial charge in [-0.3, -0.25) is 4.98 Å². The standard InChI is InChI=1S/C11H9NO.K/c13-11-7-2-1-5-9(11)10-6-3-4-8-12-10;/h1-8,13H;/q;+1/p-1. The van der Waals surface area contributed by atoms with Crippen molar-refractivity contribution in [3.05, 3.63) is 48.7 Å². The van der Waals surface area contributed by atoms with Crippen molar-refractivity contribution in [2.45, 2.75) is 0 Å². The fraction of sp³-hybridized carbons (Fsp3) is 0. The van der Waals surface area contributed by atoms with E-state index in [1.54, 1.807) is 24.4 Å². The van der Waals surface area contributed by atoms with Gasteiger partial charge in [-0.15, -0.1) is 0 Å². The smallest absolute Gasteiger partial charge is 0.872 e. The van der Waals surface area contributed by atoms with Crippen molar-refractivity contribution in [1.29, 1.82) is 0 Å². The molecule has 2 nitrogen and oxygen atoms in total. The molecule has 1 aromatic carbocycles. The minimum absolute atomic E-state index is 0. The van der Waals surface area contributed by atoms with Crippen molar-refractivity contribution in [2.24, 2.45) is 0 Å². The summed E-state index contributed by atoms with van der Waals surface area (Å²) in [5.74, 6) is 0.0150. The summed E-state index contributed by atoms with van der Waals surface area (Å²) in [5, 5.41) is 11.4. The predicted octanol–water partition coefficient (Wildman–Crippen LogP) is -1.17. The maximum absolute atomic E-state index is 11.4. The Kier molecular flexibility index (Phi) is 4.78. The van der Waals surface area contributed by atoms with E-state index < -0.39 is 0 Å². The summed E-state index contributed by atoms with van der Waals surface area (Å²) >= 11 is 0. The number of aromatic nitrogens is 1. The first kappa shape index (κ1) is 11.9. The quantitative estimate of drug-likeness (QED) is 0.555. The molecule has 2 aromatic rings. The second kappa shape index (κ2) is 5.63. The molecule has 1 heterocycles. The third-order valence-electron chi connectivity index (χ3n) is 1.83. The van der Waals surface area contributed by atoms with Crippen LogP contribution in [0.2, 0.25) is 0 Å². The van der Waals surface area contributed by atoms with Crippen molar-refractivity contribution >= 4 is 0 Å². The summed E-state index contributed by atoms with van der Waals surface area (Å²) in [4.78, 5) is 4.11. The average molecular weight is 209 g/mol. The number of pyridine rings is 1. The Balaban J connectivity index is 0.000000980. The maximum Gasteiger partial charge on any atom is 1.00 e. The maximum atomic E-state index is 11.4. The molecule has 0 unspecified atom stereocenters. The largest absolute Gasteiger partial charge is 1.00 e. The van der Waals surface area contributed by atoms with Gasteiger partial charge in [0.2, 0.25) is 0 Å². The number of hydrogen-bond donors (Lipinski definition) is 0. The van der Waals surface area contributed by atoms with E-state index in [-0.39, 0.29) is 57.1 Å². The molecule has 0 aliphatic carbocycles. The van der Waals surface area contributed by atoms with Crippen LogP contribution in [-0.4, -0.2) is 4.98 Å². The Morgan fingerprint density at radius 1 is 0.929 bits per heavy atom. The molecule has 0 aliphatic rings. The van der Waals surface area contributed by atoms with Gasteiger partial charge in [-0.05, 0) is 17.7 Å². The molecule has 0 saturated heterocycles. The minimum Gasteiger partial charge on any atom is -0.872 e. The third-order valence-corrected chi connectivity index (χ3v) is 1.83. The second-order valence-corrected chi connectivity index (χ2v) is 2.71. The Morgan fingerprint density at radius 2 is 1.64 bits per heavy atom. The molecule has 0 aliphatic heterocycles. The predicted molar refractivity (Wildman–Crippen MR) is 49.1 cm³/mol. The van der Waals surface area contributed by atoms with Gasteiger partial charge in [0.05, 0.1) is 5.69 Å². The van der Waals surface area contributed by atoms with Crippen LogP contribution in [0.4, 0.5) is 0 Å². The number of hydrogen-bond acceptors (Lipinski definition) is 2. The van der Waals surface area contributed by atoms with Gasteiger partial charge in [-0.1, -0.05) is 36.1 Å². The zero-order valence-corrected chi connectivity index (χ0v) is 11.1. The van der Waals surface area contributed by atoms with Gasteiger partial charge in [0.1, 0.15) is 0 Å². The van der Waals surface area contributed by atoms with Gasteiger partial charge in [0, 0.05) is 6.20 Å². The van der Waals surface area contributed by atoms with Crippen LogP contribution in [0, 0.1) is 0 Å². The van der Waals surface area contributed by atoms with Crippen LogP contribution >= 0.6 is 0 Å². The molecule has 0 atom stereocenters. The first-order chi connectivity index (χ1) is 6.38. The van der Waals surface area contributed by atoms with Gasteiger partial charge in [0.25, 0.3) is 0 Å². The summed E-state index contributed by atoms with van der Waals surface area (Å²) in [6, 6.07) is 12.4. The molecule has 2 rings (SSSR count). The molecular weight excluding hydrogens is 201 g/mol. The Morgan fingerprint density at radius 3 is 2.29 bits per heavy atom. The first-order valence-corrected chi connectivity index (χ1v) is 4.05. The van der Waals surface area contributed by atoms with Crippen LogP contribution in [0.3, 0.4) is 0 Å². The monoisotopic (exact) mass is 209 g/mol. The van der Waals surface area contributed by atoms with Gasteiger partial charge >= 0.3 is 51.4 Å². The van der Waals surface area contributed by atoms with E-state index in [4.69, 9.17) is 0 Å². The average Bonchev–Trinajstić information content (AvgIpc) is 2.20. The van der Waals surface area contributed by atoms with E-state index in [9.17, 15) is 5.11 Å². The number of rotatable bonds is 1. The summed E-state index contributed by atoms with van der Waals surface area (Å²) in [6.07, 6.45) is 1.68. The van der Waals surface area contributed by atoms with Crippen molar-refractivity contribution in [3.63, 3.8) is 0 Å². The molecule has 0 N–H and O–H groups in total. The van der Waals surface area contributed by atoms with E-state index >= 15 is 0 Å². The normalized spacial score (nSPS) is 9.14. The van der Waals surface area contributed by atoms with Gasteiger partial charge < -0.3 is 5.11 Å². The van der Waals surface area contributed by atoms with Crippen molar-refractivity contribution < 1.29 is 56.5 Å². The Bertz CT molecular complexity index is 403. The molecule has 0 radical (unpaired) electrons. The minimum atomic E-state index is 0. The summed E-state index contributed by atoms with van der Waals surface area (Å²) in [7, 11) is 0. The van der Waals surface area contributed by atoms with Crippen molar-refractivity contribution in [2.75, 3.05) is 0 Å². The molecule has 0 bridgehead atoms. The number of benzene rings is 1. The van der Waals surface area contributed by atoms with E-state index in [0.717, 1.165) is 5.69 Å². The molecule has 0 spiro atoms. The molecule has 0 fully saturated rings. The second-order valence-electron chi connectivity index (χ2n) is 2.71. The number of nitrogens with zero attached hydrogens (tertiary/aromatic N) is 1. The summed E-state index contributed by atoms with van der Waals surface area (Å²) < 4.78 is 0. The van der Waals surface area contributed by atoms with Gasteiger partial charge in [-0.2, -0.15) is 0 Å². The Hall–Kier alpha value is -0.194. The molecule has 3 heteroatoms. The zero-order valence-electron chi connectivity index (χ0n) is 7.97. The molecule has 0 amide bonds. The fourth-order valence-corrected chi connectivity index (χ4v) is 1.20. The van der Waals surface area contributed by atoms with Gasteiger partial charge in [-0.25, -0.2) is 0 Å². The SMILES string of the molecule is [K+].[O-]c1ccccc1-c1ccccn1. The molecule has 0 saturated carbocycles. The van der Waals surface area contributed by atoms with E-state index in [2.05, 4.69) is 4.98 Å². The zero-order chi connectivity index (χ0) is 9.10. The van der Waals surface area contributed by atoms with Gasteiger partial charge in [0.15, 0.2) is 0 Å². The summed E-state index contributed by atoms with van der Waals surface area (Å²) in [5.41, 5.74) is 1.39. The van der Waals surface area contributed by atoms with E-state index in [1.807, 2.05) is 24.3 Å². The first-order valence-electron chi connectivity index (χ1n) is 4.05. The van der Waals surface area contributed by atoms with Crippen LogP contribution < -0.4 is 56.5 Å². The van der Waals surface area contributed by atoms with E-state index in [0.29, 0.717) is 5.56 Å². The number of para-hydroxylation sites is 1. The molecule has 14 heavy (non-hydrogen) atoms.